The molecule has 0 aliphatic rings. The molecule has 12 heavy (non-hydrogen) atoms. The summed E-state index contributed by atoms with van der Waals surface area (Å²) in [5.74, 6) is 0. The van der Waals surface area contributed by atoms with Crippen molar-refractivity contribution in [3.05, 3.63) is 0 Å². The molecule has 0 fully saturated rings. The van der Waals surface area contributed by atoms with Crippen molar-refractivity contribution >= 4 is 0 Å². The SMILES string of the molecule is C[C@@H](N)COC(F)(F)C(F)(F)F. The summed E-state index contributed by atoms with van der Waals surface area (Å²) in [5, 5.41) is 0. The van der Waals surface area contributed by atoms with Crippen molar-refractivity contribution in [1.82, 2.24) is 0 Å². The molecule has 0 radical (unpaired) electrons. The first-order valence-electron chi connectivity index (χ1n) is 3.01. The van der Waals surface area contributed by atoms with E-state index in [-0.39, 0.29) is 0 Å². The minimum absolute atomic E-state index is 0.841. The molecule has 2 N–H and O–H groups in total. The Bertz CT molecular complexity index is 143. The third kappa shape index (κ3) is 3.31. The first-order valence-corrected chi connectivity index (χ1v) is 3.01. The highest BCUT2D eigenvalue weighted by Crippen LogP contribution is 2.36. The van der Waals surface area contributed by atoms with Crippen molar-refractivity contribution in [3.8, 4) is 0 Å². The lowest BCUT2D eigenvalue weighted by Crippen LogP contribution is -2.41. The molecule has 0 aliphatic heterocycles. The largest absolute Gasteiger partial charge is 0.482 e. The average molecular weight is 193 g/mol. The second-order valence-corrected chi connectivity index (χ2v) is 2.30. The van der Waals surface area contributed by atoms with Crippen molar-refractivity contribution in [2.24, 2.45) is 5.73 Å². The Kier molecular flexibility index (Phi) is 3.40. The van der Waals surface area contributed by atoms with Crippen molar-refractivity contribution in [3.63, 3.8) is 0 Å². The van der Waals surface area contributed by atoms with Gasteiger partial charge in [-0.3, -0.25) is 0 Å². The number of hydrogen-bond acceptors (Lipinski definition) is 2. The lowest BCUT2D eigenvalue weighted by atomic mass is 10.4. The number of hydrogen-bond donors (Lipinski definition) is 1. The highest BCUT2D eigenvalue weighted by molar-refractivity contribution is 4.65. The summed E-state index contributed by atoms with van der Waals surface area (Å²) < 4.78 is 61.2. The van der Waals surface area contributed by atoms with Gasteiger partial charge in [0.25, 0.3) is 0 Å². The second-order valence-electron chi connectivity index (χ2n) is 2.30. The van der Waals surface area contributed by atoms with Gasteiger partial charge in [0.1, 0.15) is 0 Å². The molecule has 0 rings (SSSR count). The molecular formula is C5H8F5NO. The van der Waals surface area contributed by atoms with Gasteiger partial charge in [0.15, 0.2) is 0 Å². The molecule has 74 valence electrons. The lowest BCUT2D eigenvalue weighted by Gasteiger charge is -2.20. The number of nitrogens with two attached hydrogens (primary N) is 1. The average Bonchev–Trinajstić information content (AvgIpc) is 1.81. The van der Waals surface area contributed by atoms with Crippen LogP contribution in [0.4, 0.5) is 22.0 Å². The quantitative estimate of drug-likeness (QED) is 0.689. The first-order chi connectivity index (χ1) is 5.17. The van der Waals surface area contributed by atoms with Crippen LogP contribution < -0.4 is 5.73 Å². The Balaban J connectivity index is 4.05. The van der Waals surface area contributed by atoms with Crippen molar-refractivity contribution in [2.45, 2.75) is 25.3 Å². The molecule has 7 heteroatoms. The van der Waals surface area contributed by atoms with E-state index in [4.69, 9.17) is 5.73 Å². The maximum Gasteiger partial charge on any atom is 0.482 e. The summed E-state index contributed by atoms with van der Waals surface area (Å²) in [6.45, 7) is 0.416. The Morgan fingerprint density at radius 1 is 1.25 bits per heavy atom. The molecule has 0 unspecified atom stereocenters. The van der Waals surface area contributed by atoms with Crippen LogP contribution in [0.15, 0.2) is 0 Å². The van der Waals surface area contributed by atoms with Crippen molar-refractivity contribution < 1.29 is 26.7 Å². The standard InChI is InChI=1S/C5H8F5NO/c1-3(11)2-12-5(9,10)4(6,7)8/h3H,2,11H2,1H3/t3-/m1/s1. The Hall–Kier alpha value is -0.430. The van der Waals surface area contributed by atoms with E-state index < -0.39 is 24.9 Å². The van der Waals surface area contributed by atoms with Gasteiger partial charge in [0.05, 0.1) is 6.61 Å². The molecule has 0 spiro atoms. The van der Waals surface area contributed by atoms with Gasteiger partial charge < -0.3 is 10.5 Å². The smallest absolute Gasteiger partial charge is 0.326 e. The van der Waals surface area contributed by atoms with Crippen LogP contribution in [0.25, 0.3) is 0 Å². The fourth-order valence-corrected chi connectivity index (χ4v) is 0.318. The zero-order valence-corrected chi connectivity index (χ0v) is 6.16. The van der Waals surface area contributed by atoms with E-state index in [1.165, 1.54) is 6.92 Å². The topological polar surface area (TPSA) is 35.2 Å². The van der Waals surface area contributed by atoms with Gasteiger partial charge in [-0.2, -0.15) is 22.0 Å². The van der Waals surface area contributed by atoms with Crippen LogP contribution in [-0.4, -0.2) is 24.9 Å². The molecule has 1 atom stereocenters. The van der Waals surface area contributed by atoms with Gasteiger partial charge in [-0.05, 0) is 6.92 Å². The highest BCUT2D eigenvalue weighted by atomic mass is 19.4. The van der Waals surface area contributed by atoms with Gasteiger partial charge in [0.2, 0.25) is 0 Å². The molecule has 0 saturated heterocycles. The summed E-state index contributed by atoms with van der Waals surface area (Å²) in [6.07, 6.45) is -10.8. The van der Waals surface area contributed by atoms with E-state index in [9.17, 15) is 22.0 Å². The van der Waals surface area contributed by atoms with E-state index in [0.29, 0.717) is 0 Å². The molecule has 0 bridgehead atoms. The minimum Gasteiger partial charge on any atom is -0.326 e. The van der Waals surface area contributed by atoms with Crippen molar-refractivity contribution in [1.29, 1.82) is 0 Å². The van der Waals surface area contributed by atoms with E-state index in [1.807, 2.05) is 0 Å². The molecule has 0 amide bonds. The van der Waals surface area contributed by atoms with Crippen LogP contribution in [0.2, 0.25) is 0 Å². The molecule has 0 saturated carbocycles. The minimum atomic E-state index is -5.68. The second kappa shape index (κ2) is 3.53. The van der Waals surface area contributed by atoms with Gasteiger partial charge >= 0.3 is 12.3 Å². The molecule has 0 aliphatic carbocycles. The van der Waals surface area contributed by atoms with E-state index in [1.54, 1.807) is 0 Å². The van der Waals surface area contributed by atoms with Gasteiger partial charge in [-0.25, -0.2) is 0 Å². The van der Waals surface area contributed by atoms with E-state index in [0.717, 1.165) is 0 Å². The maximum absolute atomic E-state index is 11.9. The third-order valence-corrected chi connectivity index (χ3v) is 0.858. The molecule has 0 heterocycles. The number of rotatable bonds is 3. The van der Waals surface area contributed by atoms with Crippen molar-refractivity contribution in [2.75, 3.05) is 6.61 Å². The van der Waals surface area contributed by atoms with Crippen LogP contribution in [-0.2, 0) is 4.74 Å². The monoisotopic (exact) mass is 193 g/mol. The zero-order chi connectivity index (χ0) is 9.99. The van der Waals surface area contributed by atoms with Crippen LogP contribution in [0.3, 0.4) is 0 Å². The van der Waals surface area contributed by atoms with E-state index >= 15 is 0 Å². The fraction of sp³-hybridized carbons (Fsp3) is 1.00. The molecule has 2 nitrogen and oxygen atoms in total. The predicted octanol–water partition coefficient (Wildman–Crippen LogP) is 1.51. The lowest BCUT2D eigenvalue weighted by molar-refractivity contribution is -0.391. The molecule has 0 aromatic heterocycles. The van der Waals surface area contributed by atoms with Crippen LogP contribution in [0.1, 0.15) is 6.92 Å². The highest BCUT2D eigenvalue weighted by Gasteiger charge is 2.59. The fourth-order valence-electron chi connectivity index (χ4n) is 0.318. The number of ether oxygens (including phenoxy) is 1. The zero-order valence-electron chi connectivity index (χ0n) is 6.16. The molecular weight excluding hydrogens is 185 g/mol. The van der Waals surface area contributed by atoms with Gasteiger partial charge in [-0.15, -0.1) is 0 Å². The third-order valence-electron chi connectivity index (χ3n) is 0.858. The molecule has 0 aromatic carbocycles. The molecule has 0 aromatic rings. The van der Waals surface area contributed by atoms with Crippen LogP contribution in [0.5, 0.6) is 0 Å². The summed E-state index contributed by atoms with van der Waals surface area (Å²) in [4.78, 5) is 0. The summed E-state index contributed by atoms with van der Waals surface area (Å²) in [6, 6.07) is -0.863. The normalized spacial score (nSPS) is 16.2. The van der Waals surface area contributed by atoms with Gasteiger partial charge in [-0.1, -0.05) is 0 Å². The first kappa shape index (κ1) is 11.6. The van der Waals surface area contributed by atoms with Gasteiger partial charge in [0, 0.05) is 6.04 Å². The van der Waals surface area contributed by atoms with Crippen LogP contribution in [0, 0.1) is 0 Å². The van der Waals surface area contributed by atoms with Crippen LogP contribution >= 0.6 is 0 Å². The number of alkyl halides is 5. The summed E-state index contributed by atoms with van der Waals surface area (Å²) >= 11 is 0. The Morgan fingerprint density at radius 3 is 1.92 bits per heavy atom. The number of halogens is 5. The predicted molar refractivity (Wildman–Crippen MR) is 30.6 cm³/mol. The maximum atomic E-state index is 11.9. The Morgan fingerprint density at radius 2 is 1.67 bits per heavy atom. The summed E-state index contributed by atoms with van der Waals surface area (Å²) in [5.41, 5.74) is 4.92. The summed E-state index contributed by atoms with van der Waals surface area (Å²) in [7, 11) is 0. The Labute approximate surface area is 65.5 Å². The van der Waals surface area contributed by atoms with E-state index in [2.05, 4.69) is 4.74 Å².